The van der Waals surface area contributed by atoms with Gasteiger partial charge in [-0.2, -0.15) is 13.2 Å². The first-order chi connectivity index (χ1) is 8.35. The largest absolute Gasteiger partial charge is 0.389 e. The number of hydrogen-bond acceptors (Lipinski definition) is 2. The van der Waals surface area contributed by atoms with Gasteiger partial charge in [0, 0.05) is 11.1 Å². The van der Waals surface area contributed by atoms with E-state index in [-0.39, 0.29) is 4.88 Å². The van der Waals surface area contributed by atoms with Gasteiger partial charge in [0.15, 0.2) is 5.78 Å². The molecule has 1 heterocycles. The van der Waals surface area contributed by atoms with Crippen LogP contribution in [0.3, 0.4) is 0 Å². The summed E-state index contributed by atoms with van der Waals surface area (Å²) >= 11 is 1.08. The normalized spacial score (nSPS) is 12.0. The van der Waals surface area contributed by atoms with Gasteiger partial charge < -0.3 is 0 Å². The molecule has 0 bridgehead atoms. The third-order valence-corrected chi connectivity index (χ3v) is 3.55. The summed E-state index contributed by atoms with van der Waals surface area (Å²) in [6, 6.07) is 5.45. The molecule has 1 aromatic heterocycles. The van der Waals surface area contributed by atoms with Gasteiger partial charge in [-0.1, -0.05) is 0 Å². The van der Waals surface area contributed by atoms with Crippen molar-refractivity contribution >= 4 is 27.2 Å². The molecule has 0 aliphatic heterocycles. The maximum Gasteiger partial charge on any atom is 0.389 e. The van der Waals surface area contributed by atoms with Crippen LogP contribution in [0.5, 0.6) is 0 Å². The van der Waals surface area contributed by atoms with Crippen LogP contribution in [0.15, 0.2) is 24.3 Å². The van der Waals surface area contributed by atoms with E-state index in [1.165, 1.54) is 24.3 Å². The summed E-state index contributed by atoms with van der Waals surface area (Å²) in [6.07, 6.45) is -6.04. The third-order valence-electron chi connectivity index (χ3n) is 2.39. The second-order valence-corrected chi connectivity index (χ2v) is 4.91. The summed E-state index contributed by atoms with van der Waals surface area (Å²) in [5, 5.41) is 0.537. The molecule has 0 fully saturated rings. The van der Waals surface area contributed by atoms with Crippen LogP contribution >= 0.6 is 11.3 Å². The Morgan fingerprint density at radius 2 is 1.94 bits per heavy atom. The Labute approximate surface area is 104 Å². The molecule has 0 aliphatic rings. The molecule has 2 aromatic rings. The van der Waals surface area contributed by atoms with Crippen molar-refractivity contribution in [2.45, 2.75) is 19.0 Å². The molecule has 0 saturated carbocycles. The van der Waals surface area contributed by atoms with Gasteiger partial charge in [-0.05, 0) is 29.7 Å². The molecule has 0 unspecified atom stereocenters. The number of carbonyl (C=O) groups excluding carboxylic acids is 1. The molecule has 2 rings (SSSR count). The smallest absolute Gasteiger partial charge is 0.293 e. The lowest BCUT2D eigenvalue weighted by atomic mass is 10.1. The number of carbonyl (C=O) groups is 1. The van der Waals surface area contributed by atoms with Gasteiger partial charge in [0.05, 0.1) is 11.3 Å². The van der Waals surface area contributed by atoms with Gasteiger partial charge in [-0.3, -0.25) is 4.79 Å². The van der Waals surface area contributed by atoms with E-state index in [2.05, 4.69) is 0 Å². The maximum absolute atomic E-state index is 12.9. The van der Waals surface area contributed by atoms with Crippen LogP contribution in [0.25, 0.3) is 10.1 Å². The first kappa shape index (κ1) is 13.0. The highest BCUT2D eigenvalue weighted by atomic mass is 32.1. The van der Waals surface area contributed by atoms with Crippen LogP contribution in [0.4, 0.5) is 17.6 Å². The van der Waals surface area contributed by atoms with Gasteiger partial charge in [0.1, 0.15) is 5.82 Å². The summed E-state index contributed by atoms with van der Waals surface area (Å²) in [5.41, 5.74) is 0. The van der Waals surface area contributed by atoms with Crippen molar-refractivity contribution < 1.29 is 22.4 Å². The monoisotopic (exact) mass is 276 g/mol. The van der Waals surface area contributed by atoms with Crippen molar-refractivity contribution in [1.29, 1.82) is 0 Å². The lowest BCUT2D eigenvalue weighted by molar-refractivity contribution is -0.133. The van der Waals surface area contributed by atoms with E-state index >= 15 is 0 Å². The highest BCUT2D eigenvalue weighted by molar-refractivity contribution is 7.20. The van der Waals surface area contributed by atoms with Gasteiger partial charge >= 0.3 is 6.18 Å². The van der Waals surface area contributed by atoms with Gasteiger partial charge in [0.25, 0.3) is 0 Å². The number of halogens is 4. The van der Waals surface area contributed by atoms with E-state index < -0.39 is 30.6 Å². The first-order valence-corrected chi connectivity index (χ1v) is 5.96. The van der Waals surface area contributed by atoms with E-state index in [1.807, 2.05) is 0 Å². The van der Waals surface area contributed by atoms with Crippen LogP contribution in [-0.2, 0) is 0 Å². The Hall–Kier alpha value is -1.43. The fraction of sp³-hybridized carbons (Fsp3) is 0.250. The number of thiophene rings is 1. The van der Waals surface area contributed by atoms with Crippen molar-refractivity contribution in [3.05, 3.63) is 35.0 Å². The summed E-state index contributed by atoms with van der Waals surface area (Å²) in [5.74, 6) is -0.997. The van der Waals surface area contributed by atoms with E-state index in [1.54, 1.807) is 0 Å². The quantitative estimate of drug-likeness (QED) is 0.593. The minimum atomic E-state index is -4.33. The number of fused-ring (bicyclic) bond motifs is 1. The summed E-state index contributed by atoms with van der Waals surface area (Å²) in [4.78, 5) is 11.8. The molecule has 96 valence electrons. The number of Topliss-reactive ketones (excluding diaryl/α,β-unsaturated/α-hetero) is 1. The van der Waals surface area contributed by atoms with Gasteiger partial charge in [-0.25, -0.2) is 4.39 Å². The number of hydrogen-bond donors (Lipinski definition) is 0. The highest BCUT2D eigenvalue weighted by Gasteiger charge is 2.28. The van der Waals surface area contributed by atoms with Crippen LogP contribution in [0.2, 0.25) is 0 Å². The molecule has 0 aliphatic carbocycles. The Morgan fingerprint density at radius 3 is 2.61 bits per heavy atom. The summed E-state index contributed by atoms with van der Waals surface area (Å²) < 4.78 is 49.6. The molecule has 0 saturated heterocycles. The zero-order valence-corrected chi connectivity index (χ0v) is 9.87. The summed E-state index contributed by atoms with van der Waals surface area (Å²) in [7, 11) is 0. The number of benzene rings is 1. The number of rotatable bonds is 3. The van der Waals surface area contributed by atoms with Crippen molar-refractivity contribution in [1.82, 2.24) is 0 Å². The van der Waals surface area contributed by atoms with Crippen molar-refractivity contribution in [3.8, 4) is 0 Å². The summed E-state index contributed by atoms with van der Waals surface area (Å²) in [6.45, 7) is 0. The SMILES string of the molecule is O=C(CCC(F)(F)F)c1cc2cc(F)ccc2s1. The molecular weight excluding hydrogens is 268 g/mol. The highest BCUT2D eigenvalue weighted by Crippen LogP contribution is 2.29. The number of ketones is 1. The Balaban J connectivity index is 2.18. The molecule has 6 heteroatoms. The van der Waals surface area contributed by atoms with Crippen LogP contribution < -0.4 is 0 Å². The number of alkyl halides is 3. The minimum Gasteiger partial charge on any atom is -0.293 e. The Morgan fingerprint density at radius 1 is 1.22 bits per heavy atom. The van der Waals surface area contributed by atoms with E-state index in [0.717, 1.165) is 11.3 Å². The molecule has 1 nitrogen and oxygen atoms in total. The fourth-order valence-corrected chi connectivity index (χ4v) is 2.54. The lowest BCUT2D eigenvalue weighted by Crippen LogP contribution is -2.10. The standard InChI is InChI=1S/C12H8F4OS/c13-8-1-2-10-7(5-8)6-11(18-10)9(17)3-4-12(14,15)16/h1-2,5-6H,3-4H2. The molecule has 1 aromatic carbocycles. The van der Waals surface area contributed by atoms with Crippen molar-refractivity contribution in [3.63, 3.8) is 0 Å². The topological polar surface area (TPSA) is 17.1 Å². The van der Waals surface area contributed by atoms with E-state index in [0.29, 0.717) is 10.1 Å². The van der Waals surface area contributed by atoms with E-state index in [4.69, 9.17) is 0 Å². The fourth-order valence-electron chi connectivity index (χ4n) is 1.53. The Kier molecular flexibility index (Phi) is 3.38. The maximum atomic E-state index is 12.9. The second-order valence-electron chi connectivity index (χ2n) is 3.83. The molecule has 0 radical (unpaired) electrons. The zero-order chi connectivity index (χ0) is 13.3. The molecule has 0 atom stereocenters. The zero-order valence-electron chi connectivity index (χ0n) is 9.05. The predicted molar refractivity (Wildman–Crippen MR) is 61.4 cm³/mol. The first-order valence-electron chi connectivity index (χ1n) is 5.14. The van der Waals surface area contributed by atoms with Crippen LogP contribution in [0.1, 0.15) is 22.5 Å². The van der Waals surface area contributed by atoms with Crippen molar-refractivity contribution in [2.24, 2.45) is 0 Å². The average molecular weight is 276 g/mol. The molecular formula is C12H8F4OS. The average Bonchev–Trinajstić information content (AvgIpc) is 2.67. The molecule has 0 N–H and O–H groups in total. The second kappa shape index (κ2) is 4.68. The van der Waals surface area contributed by atoms with Gasteiger partial charge in [0.2, 0.25) is 0 Å². The third kappa shape index (κ3) is 3.07. The molecule has 18 heavy (non-hydrogen) atoms. The van der Waals surface area contributed by atoms with E-state index in [9.17, 15) is 22.4 Å². The molecule has 0 amide bonds. The van der Waals surface area contributed by atoms with Crippen molar-refractivity contribution in [2.75, 3.05) is 0 Å². The molecule has 0 spiro atoms. The predicted octanol–water partition coefficient (Wildman–Crippen LogP) is 4.57. The van der Waals surface area contributed by atoms with Crippen LogP contribution in [0, 0.1) is 5.82 Å². The van der Waals surface area contributed by atoms with Crippen LogP contribution in [-0.4, -0.2) is 12.0 Å². The van der Waals surface area contributed by atoms with Gasteiger partial charge in [-0.15, -0.1) is 11.3 Å². The Bertz CT molecular complexity index is 585. The minimum absolute atomic E-state index is 0.236. The lowest BCUT2D eigenvalue weighted by Gasteiger charge is -2.03.